The molecule has 0 saturated carbocycles. The molecular formula is C18H21NO2. The van der Waals surface area contributed by atoms with Gasteiger partial charge in [-0.1, -0.05) is 60.7 Å². The first-order valence-electron chi connectivity index (χ1n) is 7.50. The van der Waals surface area contributed by atoms with Gasteiger partial charge in [0.25, 0.3) is 0 Å². The van der Waals surface area contributed by atoms with Gasteiger partial charge in [-0.05, 0) is 18.1 Å². The van der Waals surface area contributed by atoms with Crippen molar-refractivity contribution in [3.8, 4) is 0 Å². The Morgan fingerprint density at radius 1 is 1.05 bits per heavy atom. The fourth-order valence-corrected chi connectivity index (χ4v) is 2.74. The normalized spacial score (nSPS) is 22.5. The van der Waals surface area contributed by atoms with Gasteiger partial charge in [0, 0.05) is 19.6 Å². The van der Waals surface area contributed by atoms with E-state index in [0.29, 0.717) is 6.61 Å². The molecule has 2 atom stereocenters. The van der Waals surface area contributed by atoms with E-state index in [0.717, 1.165) is 13.0 Å². The average Bonchev–Trinajstić information content (AvgIpc) is 2.92. The molecule has 0 N–H and O–H groups in total. The number of rotatable bonds is 5. The number of hydrogen-bond acceptors (Lipinski definition) is 3. The highest BCUT2D eigenvalue weighted by Gasteiger charge is 2.34. The molecule has 0 bridgehead atoms. The Balaban J connectivity index is 1.78. The lowest BCUT2D eigenvalue weighted by molar-refractivity contribution is -0.243. The van der Waals surface area contributed by atoms with Crippen LogP contribution in [0.25, 0.3) is 0 Å². The van der Waals surface area contributed by atoms with Gasteiger partial charge in [0.1, 0.15) is 0 Å². The molecule has 21 heavy (non-hydrogen) atoms. The molecule has 0 radical (unpaired) electrons. The Hall–Kier alpha value is -1.68. The van der Waals surface area contributed by atoms with Gasteiger partial charge in [-0.15, -0.1) is 0 Å². The van der Waals surface area contributed by atoms with E-state index in [9.17, 15) is 0 Å². The third kappa shape index (κ3) is 3.50. The van der Waals surface area contributed by atoms with Gasteiger partial charge < -0.3 is 4.74 Å². The summed E-state index contributed by atoms with van der Waals surface area (Å²) in [6.45, 7) is 3.44. The first-order chi connectivity index (χ1) is 10.4. The van der Waals surface area contributed by atoms with Crippen LogP contribution in [0.15, 0.2) is 60.7 Å². The fourth-order valence-electron chi connectivity index (χ4n) is 2.74. The van der Waals surface area contributed by atoms with E-state index in [-0.39, 0.29) is 12.3 Å². The molecule has 2 aromatic carbocycles. The Bertz CT molecular complexity index is 544. The highest BCUT2D eigenvalue weighted by atomic mass is 16.8. The molecule has 110 valence electrons. The molecule has 1 aliphatic heterocycles. The number of hydroxylamine groups is 2. The molecule has 0 aliphatic carbocycles. The monoisotopic (exact) mass is 283 g/mol. The third-order valence-corrected chi connectivity index (χ3v) is 3.73. The van der Waals surface area contributed by atoms with Gasteiger partial charge in [0.2, 0.25) is 0 Å². The van der Waals surface area contributed by atoms with E-state index in [4.69, 9.17) is 9.57 Å². The van der Waals surface area contributed by atoms with Gasteiger partial charge >= 0.3 is 0 Å². The molecule has 0 aromatic heterocycles. The van der Waals surface area contributed by atoms with Gasteiger partial charge in [0.05, 0.1) is 6.04 Å². The maximum Gasteiger partial charge on any atom is 0.179 e. The first kappa shape index (κ1) is 14.3. The smallest absolute Gasteiger partial charge is 0.179 e. The largest absolute Gasteiger partial charge is 0.351 e. The fraction of sp³-hybridized carbons (Fsp3) is 0.333. The molecule has 3 nitrogen and oxygen atoms in total. The minimum Gasteiger partial charge on any atom is -0.351 e. The summed E-state index contributed by atoms with van der Waals surface area (Å²) in [7, 11) is 0. The summed E-state index contributed by atoms with van der Waals surface area (Å²) >= 11 is 0. The standard InChI is InChI=1S/C18H21NO2/c1-2-20-18-13-17(16-11-7-4-8-12-16)19(21-18)14-15-9-5-3-6-10-15/h3-12,17-18H,2,13-14H2,1H3/t17-,18+/m0/s1. The van der Waals surface area contributed by atoms with Crippen molar-refractivity contribution in [2.24, 2.45) is 0 Å². The van der Waals surface area contributed by atoms with Crippen molar-refractivity contribution in [1.29, 1.82) is 0 Å². The summed E-state index contributed by atoms with van der Waals surface area (Å²) in [6.07, 6.45) is 0.717. The van der Waals surface area contributed by atoms with Gasteiger partial charge in [-0.25, -0.2) is 0 Å². The Labute approximate surface area is 126 Å². The molecule has 1 aliphatic rings. The van der Waals surface area contributed by atoms with Crippen LogP contribution in [0.4, 0.5) is 0 Å². The number of ether oxygens (including phenoxy) is 1. The highest BCUT2D eigenvalue weighted by molar-refractivity contribution is 5.20. The van der Waals surface area contributed by atoms with Crippen molar-refractivity contribution >= 4 is 0 Å². The Kier molecular flexibility index (Phi) is 4.65. The van der Waals surface area contributed by atoms with Gasteiger partial charge in [-0.3, -0.25) is 4.84 Å². The maximum atomic E-state index is 5.98. The molecule has 1 fully saturated rings. The van der Waals surface area contributed by atoms with Crippen LogP contribution in [0, 0.1) is 0 Å². The van der Waals surface area contributed by atoms with Crippen molar-refractivity contribution in [1.82, 2.24) is 5.06 Å². The molecule has 1 saturated heterocycles. The van der Waals surface area contributed by atoms with Crippen molar-refractivity contribution in [3.05, 3.63) is 71.8 Å². The predicted molar refractivity (Wildman–Crippen MR) is 82.3 cm³/mol. The third-order valence-electron chi connectivity index (χ3n) is 3.73. The van der Waals surface area contributed by atoms with Crippen LogP contribution in [0.1, 0.15) is 30.5 Å². The zero-order valence-corrected chi connectivity index (χ0v) is 12.3. The van der Waals surface area contributed by atoms with Crippen LogP contribution in [0.2, 0.25) is 0 Å². The van der Waals surface area contributed by atoms with E-state index in [1.54, 1.807) is 0 Å². The summed E-state index contributed by atoms with van der Waals surface area (Å²) in [5.74, 6) is 0. The molecule has 1 heterocycles. The minimum absolute atomic E-state index is 0.149. The quantitative estimate of drug-likeness (QED) is 0.830. The van der Waals surface area contributed by atoms with E-state index in [1.165, 1.54) is 11.1 Å². The van der Waals surface area contributed by atoms with Crippen LogP contribution >= 0.6 is 0 Å². The molecule has 0 amide bonds. The van der Waals surface area contributed by atoms with Crippen molar-refractivity contribution < 1.29 is 9.57 Å². The SMILES string of the molecule is CCO[C@H]1C[C@@H](c2ccccc2)N(Cc2ccccc2)O1. The Morgan fingerprint density at radius 3 is 2.38 bits per heavy atom. The minimum atomic E-state index is -0.149. The molecular weight excluding hydrogens is 262 g/mol. The van der Waals surface area contributed by atoms with Crippen LogP contribution in [0.5, 0.6) is 0 Å². The van der Waals surface area contributed by atoms with E-state index >= 15 is 0 Å². The molecule has 0 unspecified atom stereocenters. The van der Waals surface area contributed by atoms with E-state index < -0.39 is 0 Å². The molecule has 3 heteroatoms. The van der Waals surface area contributed by atoms with Gasteiger partial charge in [-0.2, -0.15) is 5.06 Å². The number of benzene rings is 2. The molecule has 0 spiro atoms. The van der Waals surface area contributed by atoms with Crippen LogP contribution in [0.3, 0.4) is 0 Å². The summed E-state index contributed by atoms with van der Waals surface area (Å²) in [6, 6.07) is 21.1. The number of nitrogens with zero attached hydrogens (tertiary/aromatic N) is 1. The maximum absolute atomic E-state index is 5.98. The summed E-state index contributed by atoms with van der Waals surface area (Å²) in [5, 5.41) is 2.05. The second-order valence-electron chi connectivity index (χ2n) is 5.21. The Morgan fingerprint density at radius 2 is 1.71 bits per heavy atom. The lowest BCUT2D eigenvalue weighted by Crippen LogP contribution is -2.22. The van der Waals surface area contributed by atoms with E-state index in [1.807, 2.05) is 24.1 Å². The van der Waals surface area contributed by atoms with Crippen molar-refractivity contribution in [2.45, 2.75) is 32.2 Å². The van der Waals surface area contributed by atoms with Crippen LogP contribution < -0.4 is 0 Å². The second kappa shape index (κ2) is 6.85. The van der Waals surface area contributed by atoms with Crippen molar-refractivity contribution in [3.63, 3.8) is 0 Å². The summed E-state index contributed by atoms with van der Waals surface area (Å²) in [5.41, 5.74) is 2.52. The summed E-state index contributed by atoms with van der Waals surface area (Å²) in [4.78, 5) is 5.98. The second-order valence-corrected chi connectivity index (χ2v) is 5.21. The van der Waals surface area contributed by atoms with E-state index in [2.05, 4.69) is 48.5 Å². The predicted octanol–water partition coefficient (Wildman–Crippen LogP) is 3.93. The first-order valence-corrected chi connectivity index (χ1v) is 7.50. The lowest BCUT2D eigenvalue weighted by atomic mass is 10.0. The summed E-state index contributed by atoms with van der Waals surface area (Å²) < 4.78 is 5.66. The topological polar surface area (TPSA) is 21.7 Å². The van der Waals surface area contributed by atoms with Gasteiger partial charge in [0.15, 0.2) is 6.29 Å². The number of hydrogen-bond donors (Lipinski definition) is 0. The van der Waals surface area contributed by atoms with Crippen molar-refractivity contribution in [2.75, 3.05) is 6.61 Å². The zero-order chi connectivity index (χ0) is 14.5. The van der Waals surface area contributed by atoms with Crippen LogP contribution in [-0.2, 0) is 16.1 Å². The average molecular weight is 283 g/mol. The zero-order valence-electron chi connectivity index (χ0n) is 12.3. The highest BCUT2D eigenvalue weighted by Crippen LogP contribution is 2.35. The lowest BCUT2D eigenvalue weighted by Gasteiger charge is -2.22. The van der Waals surface area contributed by atoms with Crippen LogP contribution in [-0.4, -0.2) is 18.0 Å². The molecule has 3 rings (SSSR count). The molecule has 2 aromatic rings.